The summed E-state index contributed by atoms with van der Waals surface area (Å²) in [5.74, 6) is 0.497. The smallest absolute Gasteiger partial charge is 0.251 e. The highest BCUT2D eigenvalue weighted by atomic mass is 32.2. The topological polar surface area (TPSA) is 75.7 Å². The molecule has 3 aromatic carbocycles. The highest BCUT2D eigenvalue weighted by molar-refractivity contribution is 7.92. The van der Waals surface area contributed by atoms with Gasteiger partial charge in [-0.1, -0.05) is 48.5 Å². The molecule has 0 bridgehead atoms. The average molecular weight is 439 g/mol. The number of benzene rings is 3. The number of anilines is 1. The van der Waals surface area contributed by atoms with Crippen LogP contribution >= 0.6 is 0 Å². The molecule has 0 aromatic heterocycles. The monoisotopic (exact) mass is 438 g/mol. The van der Waals surface area contributed by atoms with E-state index in [1.165, 1.54) is 10.6 Å². The minimum absolute atomic E-state index is 0.222. The van der Waals surface area contributed by atoms with Crippen LogP contribution in [-0.4, -0.2) is 27.2 Å². The van der Waals surface area contributed by atoms with Gasteiger partial charge in [0.05, 0.1) is 25.1 Å². The second-order valence-electron chi connectivity index (χ2n) is 7.03. The van der Waals surface area contributed by atoms with Crippen molar-refractivity contribution in [2.75, 3.05) is 17.2 Å². The van der Waals surface area contributed by atoms with Crippen LogP contribution in [0, 0.1) is 0 Å². The summed E-state index contributed by atoms with van der Waals surface area (Å²) < 4.78 is 31.6. The lowest BCUT2D eigenvalue weighted by molar-refractivity contribution is 0.0950. The number of para-hydroxylation sites is 1. The van der Waals surface area contributed by atoms with E-state index >= 15 is 0 Å². The van der Waals surface area contributed by atoms with Crippen LogP contribution in [0.1, 0.15) is 28.4 Å². The SMILES string of the molecule is CCOc1ccccc1CNC(=O)c1ccc(N(Cc2ccccc2)S(C)(=O)=O)cc1. The summed E-state index contributed by atoms with van der Waals surface area (Å²) in [4.78, 5) is 12.6. The summed E-state index contributed by atoms with van der Waals surface area (Å²) in [6, 6.07) is 23.5. The van der Waals surface area contributed by atoms with Crippen LogP contribution in [-0.2, 0) is 23.1 Å². The van der Waals surface area contributed by atoms with Gasteiger partial charge in [0.1, 0.15) is 5.75 Å². The van der Waals surface area contributed by atoms with Gasteiger partial charge in [0.2, 0.25) is 10.0 Å². The standard InChI is InChI=1S/C24H26N2O4S/c1-3-30-23-12-8-7-11-21(23)17-25-24(27)20-13-15-22(16-14-20)26(31(2,28)29)18-19-9-5-4-6-10-19/h4-16H,3,17-18H2,1-2H3,(H,25,27). The summed E-state index contributed by atoms with van der Waals surface area (Å²) in [5.41, 5.74) is 2.72. The zero-order valence-corrected chi connectivity index (χ0v) is 18.4. The van der Waals surface area contributed by atoms with Gasteiger partial charge >= 0.3 is 0 Å². The summed E-state index contributed by atoms with van der Waals surface area (Å²) in [7, 11) is -3.49. The number of carbonyl (C=O) groups excluding carboxylic acids is 1. The van der Waals surface area contributed by atoms with Crippen LogP contribution in [0.25, 0.3) is 0 Å². The molecule has 1 amide bonds. The third kappa shape index (κ3) is 6.08. The maximum atomic E-state index is 12.6. The van der Waals surface area contributed by atoms with E-state index in [4.69, 9.17) is 4.74 Å². The summed E-state index contributed by atoms with van der Waals surface area (Å²) >= 11 is 0. The van der Waals surface area contributed by atoms with Crippen molar-refractivity contribution in [2.45, 2.75) is 20.0 Å². The molecule has 0 fully saturated rings. The van der Waals surface area contributed by atoms with E-state index in [2.05, 4.69) is 5.32 Å². The van der Waals surface area contributed by atoms with E-state index in [1.54, 1.807) is 24.3 Å². The molecule has 7 heteroatoms. The molecule has 0 unspecified atom stereocenters. The first-order valence-electron chi connectivity index (χ1n) is 9.99. The number of hydrogen-bond donors (Lipinski definition) is 1. The molecule has 0 heterocycles. The molecule has 0 saturated heterocycles. The van der Waals surface area contributed by atoms with Crippen molar-refractivity contribution >= 4 is 21.6 Å². The highest BCUT2D eigenvalue weighted by Gasteiger charge is 2.18. The molecule has 3 rings (SSSR count). The molecule has 0 spiro atoms. The molecule has 31 heavy (non-hydrogen) atoms. The molecule has 0 radical (unpaired) electrons. The zero-order valence-electron chi connectivity index (χ0n) is 17.6. The van der Waals surface area contributed by atoms with Gasteiger partial charge < -0.3 is 10.1 Å². The van der Waals surface area contributed by atoms with Gasteiger partial charge in [0.25, 0.3) is 5.91 Å². The van der Waals surface area contributed by atoms with Crippen LogP contribution in [0.4, 0.5) is 5.69 Å². The quantitative estimate of drug-likeness (QED) is 0.548. The van der Waals surface area contributed by atoms with Crippen molar-refractivity contribution in [3.8, 4) is 5.75 Å². The van der Waals surface area contributed by atoms with Crippen molar-refractivity contribution < 1.29 is 17.9 Å². The normalized spacial score (nSPS) is 11.0. The first-order valence-corrected chi connectivity index (χ1v) is 11.8. The number of nitrogens with one attached hydrogen (secondary N) is 1. The van der Waals surface area contributed by atoms with E-state index < -0.39 is 10.0 Å². The van der Waals surface area contributed by atoms with Gasteiger partial charge in [0.15, 0.2) is 0 Å². The third-order valence-electron chi connectivity index (χ3n) is 4.70. The van der Waals surface area contributed by atoms with E-state index in [0.717, 1.165) is 16.9 Å². The van der Waals surface area contributed by atoms with Crippen LogP contribution in [0.5, 0.6) is 5.75 Å². The summed E-state index contributed by atoms with van der Waals surface area (Å²) in [6.07, 6.45) is 1.17. The number of hydrogen-bond acceptors (Lipinski definition) is 4. The van der Waals surface area contributed by atoms with Crippen LogP contribution in [0.2, 0.25) is 0 Å². The Bertz CT molecular complexity index is 1110. The third-order valence-corrected chi connectivity index (χ3v) is 5.84. The largest absolute Gasteiger partial charge is 0.494 e. The predicted octanol–water partition coefficient (Wildman–Crippen LogP) is 3.98. The van der Waals surface area contributed by atoms with Crippen molar-refractivity contribution in [1.29, 1.82) is 0 Å². The molecule has 0 aliphatic rings. The number of ether oxygens (including phenoxy) is 1. The van der Waals surface area contributed by atoms with Crippen LogP contribution in [0.15, 0.2) is 78.9 Å². The molecule has 162 valence electrons. The fraction of sp³-hybridized carbons (Fsp3) is 0.208. The van der Waals surface area contributed by atoms with E-state index in [-0.39, 0.29) is 12.5 Å². The van der Waals surface area contributed by atoms with Crippen molar-refractivity contribution in [3.63, 3.8) is 0 Å². The Balaban J connectivity index is 1.71. The minimum atomic E-state index is -3.49. The van der Waals surface area contributed by atoms with Gasteiger partial charge in [-0.3, -0.25) is 9.10 Å². The van der Waals surface area contributed by atoms with E-state index in [9.17, 15) is 13.2 Å². The first kappa shape index (κ1) is 22.4. The predicted molar refractivity (Wildman–Crippen MR) is 123 cm³/mol. The van der Waals surface area contributed by atoms with Gasteiger partial charge in [-0.2, -0.15) is 0 Å². The Labute approximate surface area is 183 Å². The molecule has 0 aliphatic heterocycles. The Morgan fingerprint density at radius 3 is 2.23 bits per heavy atom. The van der Waals surface area contributed by atoms with Crippen molar-refractivity contribution in [1.82, 2.24) is 5.32 Å². The maximum absolute atomic E-state index is 12.6. The lowest BCUT2D eigenvalue weighted by atomic mass is 10.1. The number of carbonyl (C=O) groups is 1. The number of amides is 1. The highest BCUT2D eigenvalue weighted by Crippen LogP contribution is 2.22. The molecular weight excluding hydrogens is 412 g/mol. The van der Waals surface area contributed by atoms with E-state index in [1.807, 2.05) is 61.5 Å². The Morgan fingerprint density at radius 1 is 0.935 bits per heavy atom. The molecule has 0 aliphatic carbocycles. The molecule has 0 atom stereocenters. The van der Waals surface area contributed by atoms with Crippen LogP contribution < -0.4 is 14.4 Å². The fourth-order valence-corrected chi connectivity index (χ4v) is 4.04. The summed E-state index contributed by atoms with van der Waals surface area (Å²) in [5, 5.41) is 2.88. The van der Waals surface area contributed by atoms with Crippen LogP contribution in [0.3, 0.4) is 0 Å². The molecule has 1 N–H and O–H groups in total. The lowest BCUT2D eigenvalue weighted by Gasteiger charge is -2.22. The van der Waals surface area contributed by atoms with Gasteiger partial charge in [-0.25, -0.2) is 8.42 Å². The number of nitrogens with zero attached hydrogens (tertiary/aromatic N) is 1. The Morgan fingerprint density at radius 2 is 1.58 bits per heavy atom. The lowest BCUT2D eigenvalue weighted by Crippen LogP contribution is -2.29. The first-order chi connectivity index (χ1) is 14.9. The molecule has 3 aromatic rings. The number of rotatable bonds is 9. The second-order valence-corrected chi connectivity index (χ2v) is 8.93. The summed E-state index contributed by atoms with van der Waals surface area (Å²) in [6.45, 7) is 3.01. The van der Waals surface area contributed by atoms with Gasteiger partial charge in [-0.05, 0) is 42.8 Å². The van der Waals surface area contributed by atoms with Gasteiger partial charge in [0, 0.05) is 17.7 Å². The van der Waals surface area contributed by atoms with Crippen molar-refractivity contribution in [2.24, 2.45) is 0 Å². The minimum Gasteiger partial charge on any atom is -0.494 e. The Kier molecular flexibility index (Phi) is 7.31. The molecular formula is C24H26N2O4S. The second kappa shape index (κ2) is 10.1. The Hall–Kier alpha value is -3.32. The number of sulfonamides is 1. The zero-order chi connectivity index (χ0) is 22.3. The van der Waals surface area contributed by atoms with Crippen molar-refractivity contribution in [3.05, 3.63) is 95.6 Å². The van der Waals surface area contributed by atoms with E-state index in [0.29, 0.717) is 24.4 Å². The maximum Gasteiger partial charge on any atom is 0.251 e. The molecule has 0 saturated carbocycles. The van der Waals surface area contributed by atoms with Gasteiger partial charge in [-0.15, -0.1) is 0 Å². The molecule has 6 nitrogen and oxygen atoms in total. The fourth-order valence-electron chi connectivity index (χ4n) is 3.15. The average Bonchev–Trinajstić information content (AvgIpc) is 2.77.